The van der Waals surface area contributed by atoms with Gasteiger partial charge in [-0.2, -0.15) is 4.98 Å². The molecule has 2 amide bonds. The largest absolute Gasteiger partial charge is 0.469 e. The number of aromatic nitrogens is 2. The average molecular weight is 614 g/mol. The van der Waals surface area contributed by atoms with Gasteiger partial charge in [-0.3, -0.25) is 29.2 Å². The Hall–Kier alpha value is -2.16. The van der Waals surface area contributed by atoms with Crippen LogP contribution >= 0.6 is 15.6 Å². The van der Waals surface area contributed by atoms with Crippen molar-refractivity contribution in [2.45, 2.75) is 61.8 Å². The van der Waals surface area contributed by atoms with Crippen molar-refractivity contribution in [2.24, 2.45) is 5.73 Å². The number of carbonyl (C=O) groups excluding carboxylic acids is 1. The van der Waals surface area contributed by atoms with E-state index in [2.05, 4.69) is 19.3 Å². The smallest absolute Gasteiger partial charge is 0.390 e. The molecule has 0 aliphatic carbocycles. The molecule has 1 aromatic rings. The first-order valence-corrected chi connectivity index (χ1v) is 14.7. The van der Waals surface area contributed by atoms with Gasteiger partial charge in [0.25, 0.3) is 0 Å². The molecule has 3 aliphatic heterocycles. The zero-order chi connectivity index (χ0) is 29.6. The van der Waals surface area contributed by atoms with Crippen molar-refractivity contribution in [3.05, 3.63) is 28.4 Å². The maximum Gasteiger partial charge on any atom is 0.469 e. The summed E-state index contributed by atoms with van der Waals surface area (Å²) in [4.78, 5) is 66.4. The van der Waals surface area contributed by atoms with Crippen LogP contribution in [0.1, 0.15) is 30.8 Å². The Morgan fingerprint density at radius 3 is 2.08 bits per heavy atom. The summed E-state index contributed by atoms with van der Waals surface area (Å²) in [6.07, 6.45) is -6.29. The number of urea groups is 1. The summed E-state index contributed by atoms with van der Waals surface area (Å²) in [6, 6.07) is -2.04. The minimum atomic E-state index is -4.87. The first-order valence-electron chi connectivity index (χ1n) is 11.6. The molecule has 224 valence electrons. The molecular formula is C18H28N6O14P2. The van der Waals surface area contributed by atoms with Crippen LogP contribution < -0.4 is 16.7 Å². The van der Waals surface area contributed by atoms with Crippen molar-refractivity contribution in [3.8, 4) is 0 Å². The Bertz CT molecular complexity index is 1290. The van der Waals surface area contributed by atoms with E-state index in [9.17, 15) is 28.9 Å². The molecule has 8 atom stereocenters. The lowest BCUT2D eigenvalue weighted by Crippen LogP contribution is -2.64. The van der Waals surface area contributed by atoms with Crippen molar-refractivity contribution in [1.29, 1.82) is 5.41 Å². The fraction of sp³-hybridized carbons (Fsp3) is 0.667. The van der Waals surface area contributed by atoms with Crippen LogP contribution in [0.4, 0.5) is 4.79 Å². The fourth-order valence-corrected chi connectivity index (χ4v) is 5.26. The summed E-state index contributed by atoms with van der Waals surface area (Å²) < 4.78 is 42.8. The predicted octanol–water partition coefficient (Wildman–Crippen LogP) is -3.04. The number of nitrogens with zero attached hydrogens (tertiary/aromatic N) is 3. The van der Waals surface area contributed by atoms with Gasteiger partial charge < -0.3 is 45.0 Å². The Labute approximate surface area is 224 Å². The molecule has 0 aromatic carbocycles. The second-order valence-corrected chi connectivity index (χ2v) is 11.7. The SMILES string of the molecule is N=C1NC(=O)N(C2CC(O)C(COP(=O)(O)O)O2)C(c2ccn(C3CC(O)C(COP(=O)(O)O)O3)c(=O)n2)C1N. The van der Waals surface area contributed by atoms with Gasteiger partial charge in [-0.25, -0.2) is 18.7 Å². The van der Waals surface area contributed by atoms with E-state index >= 15 is 0 Å². The zero-order valence-corrected chi connectivity index (χ0v) is 22.2. The van der Waals surface area contributed by atoms with E-state index in [1.807, 2.05) is 0 Å². The summed E-state index contributed by atoms with van der Waals surface area (Å²) in [5, 5.41) is 30.8. The molecule has 3 aliphatic rings. The van der Waals surface area contributed by atoms with Crippen molar-refractivity contribution in [2.75, 3.05) is 13.2 Å². The van der Waals surface area contributed by atoms with E-state index < -0.39 is 95.4 Å². The summed E-state index contributed by atoms with van der Waals surface area (Å²) in [7, 11) is -9.70. The third-order valence-electron chi connectivity index (χ3n) is 6.45. The minimum absolute atomic E-state index is 0.0683. The standard InChI is InChI=1S/C18H28N6O14P2/c19-14-15(24(18(28)22-16(14)20)13-4-9(26)11(38-13)6-36-40(32,33)34)7-1-2-23(17(27)21-7)12-3-8(25)10(37-12)5-35-39(29,30)31/h1-2,8-15,25-26H,3-6,19H2,(H2,20,22,28)(H2,29,30,31)(H2,32,33,34). The molecule has 1 aromatic heterocycles. The number of amidine groups is 1. The lowest BCUT2D eigenvalue weighted by atomic mass is 9.99. The normalized spacial score (nSPS) is 33.4. The van der Waals surface area contributed by atoms with Crippen LogP contribution in [-0.2, 0) is 27.7 Å². The number of phosphoric acid groups is 2. The minimum Gasteiger partial charge on any atom is -0.390 e. The number of carbonyl (C=O) groups is 1. The molecule has 20 nitrogen and oxygen atoms in total. The molecule has 0 saturated carbocycles. The van der Waals surface area contributed by atoms with Gasteiger partial charge in [-0.1, -0.05) is 0 Å². The van der Waals surface area contributed by atoms with Crippen LogP contribution in [0.5, 0.6) is 0 Å². The number of hydrogen-bond donors (Lipinski definition) is 9. The average Bonchev–Trinajstić information content (AvgIpc) is 3.39. The molecule has 4 rings (SSSR count). The summed E-state index contributed by atoms with van der Waals surface area (Å²) in [5.41, 5.74) is 5.19. The highest BCUT2D eigenvalue weighted by Crippen LogP contribution is 2.40. The Balaban J connectivity index is 1.55. The van der Waals surface area contributed by atoms with Gasteiger partial charge >= 0.3 is 27.4 Å². The molecule has 8 unspecified atom stereocenters. The molecule has 3 fully saturated rings. The van der Waals surface area contributed by atoms with Crippen molar-refractivity contribution in [1.82, 2.24) is 19.8 Å². The van der Waals surface area contributed by atoms with Gasteiger partial charge in [-0.05, 0) is 6.07 Å². The van der Waals surface area contributed by atoms with Crippen LogP contribution in [0.25, 0.3) is 0 Å². The van der Waals surface area contributed by atoms with Gasteiger partial charge in [0.05, 0.1) is 37.2 Å². The molecule has 0 radical (unpaired) electrons. The fourth-order valence-electron chi connectivity index (χ4n) is 4.58. The Kier molecular flexibility index (Phi) is 8.94. The van der Waals surface area contributed by atoms with Crippen molar-refractivity contribution >= 4 is 27.5 Å². The lowest BCUT2D eigenvalue weighted by molar-refractivity contribution is -0.0765. The summed E-state index contributed by atoms with van der Waals surface area (Å²) in [5.74, 6) is -0.396. The quantitative estimate of drug-likeness (QED) is 0.125. The molecule has 0 spiro atoms. The molecular weight excluding hydrogens is 586 g/mol. The van der Waals surface area contributed by atoms with Gasteiger partial charge in [0.1, 0.15) is 36.5 Å². The number of aliphatic hydroxyl groups excluding tert-OH is 2. The highest BCUT2D eigenvalue weighted by Gasteiger charge is 2.48. The summed E-state index contributed by atoms with van der Waals surface area (Å²) in [6.45, 7) is -1.33. The van der Waals surface area contributed by atoms with E-state index in [4.69, 9.17) is 40.2 Å². The number of ether oxygens (including phenoxy) is 2. The second kappa shape index (κ2) is 11.6. The second-order valence-electron chi connectivity index (χ2n) is 9.20. The number of nitrogens with one attached hydrogen (secondary N) is 2. The van der Waals surface area contributed by atoms with Gasteiger partial charge in [0.15, 0.2) is 0 Å². The molecule has 0 bridgehead atoms. The van der Waals surface area contributed by atoms with Crippen molar-refractivity contribution < 1.29 is 62.2 Å². The highest BCUT2D eigenvalue weighted by molar-refractivity contribution is 7.46. The third kappa shape index (κ3) is 7.00. The zero-order valence-electron chi connectivity index (χ0n) is 20.4. The Morgan fingerprint density at radius 2 is 1.55 bits per heavy atom. The third-order valence-corrected chi connectivity index (χ3v) is 7.42. The molecule has 40 heavy (non-hydrogen) atoms. The van der Waals surface area contributed by atoms with Crippen LogP contribution in [0, 0.1) is 5.41 Å². The molecule has 3 saturated heterocycles. The van der Waals surface area contributed by atoms with E-state index in [-0.39, 0.29) is 18.5 Å². The number of aliphatic hydroxyl groups is 2. The van der Waals surface area contributed by atoms with Gasteiger partial charge in [-0.15, -0.1) is 0 Å². The number of phosphoric ester groups is 2. The van der Waals surface area contributed by atoms with Crippen molar-refractivity contribution in [3.63, 3.8) is 0 Å². The van der Waals surface area contributed by atoms with Gasteiger partial charge in [0.2, 0.25) is 0 Å². The van der Waals surface area contributed by atoms with Crippen LogP contribution in [0.3, 0.4) is 0 Å². The van der Waals surface area contributed by atoms with Crippen LogP contribution in [0.15, 0.2) is 17.1 Å². The van der Waals surface area contributed by atoms with E-state index in [1.165, 1.54) is 12.3 Å². The monoisotopic (exact) mass is 614 g/mol. The first kappa shape index (κ1) is 30.8. The lowest BCUT2D eigenvalue weighted by Gasteiger charge is -2.42. The van der Waals surface area contributed by atoms with Crippen LogP contribution in [-0.4, -0.2) is 106 Å². The maximum atomic E-state index is 12.9. The van der Waals surface area contributed by atoms with E-state index in [1.54, 1.807) is 0 Å². The molecule has 22 heteroatoms. The summed E-state index contributed by atoms with van der Waals surface area (Å²) >= 11 is 0. The van der Waals surface area contributed by atoms with E-state index in [0.717, 1.165) is 9.47 Å². The maximum absolute atomic E-state index is 12.9. The Morgan fingerprint density at radius 1 is 1.02 bits per heavy atom. The topological polar surface area (TPSA) is 310 Å². The molecule has 10 N–H and O–H groups in total. The highest BCUT2D eigenvalue weighted by atomic mass is 31.2. The van der Waals surface area contributed by atoms with E-state index in [0.29, 0.717) is 0 Å². The number of hydrogen-bond acceptors (Lipinski definition) is 13. The number of rotatable bonds is 9. The van der Waals surface area contributed by atoms with Crippen LogP contribution in [0.2, 0.25) is 0 Å². The number of nitrogens with two attached hydrogens (primary N) is 1. The molecule has 4 heterocycles. The predicted molar refractivity (Wildman–Crippen MR) is 127 cm³/mol. The number of amides is 2. The van der Waals surface area contributed by atoms with Gasteiger partial charge in [0, 0.05) is 19.0 Å². The first-order chi connectivity index (χ1) is 18.5.